The maximum atomic E-state index is 12.5. The molecule has 2 aromatic rings. The number of amides is 1. The number of anilines is 1. The summed E-state index contributed by atoms with van der Waals surface area (Å²) in [5.41, 5.74) is 2.79. The number of esters is 1. The van der Waals surface area contributed by atoms with E-state index < -0.39 is 5.97 Å². The van der Waals surface area contributed by atoms with E-state index in [1.165, 1.54) is 4.68 Å². The number of benzene rings is 1. The van der Waals surface area contributed by atoms with Crippen LogP contribution in [-0.4, -0.2) is 34.9 Å². The molecule has 0 bridgehead atoms. The van der Waals surface area contributed by atoms with Gasteiger partial charge < -0.3 is 14.8 Å². The standard InChI is InChI=1S/C21H29N3O4/c1-8-27-20(26)18-14(3)23-24(7)19(18)22-17(25)12-28-16-10-9-13(2)11-15(16)21(4,5)6/h9-11H,8,12H2,1-7H3,(H,22,25). The zero-order valence-corrected chi connectivity index (χ0v) is 17.7. The number of ether oxygens (including phenoxy) is 2. The van der Waals surface area contributed by atoms with Crippen LogP contribution in [0.2, 0.25) is 0 Å². The Morgan fingerprint density at radius 3 is 2.50 bits per heavy atom. The molecule has 0 saturated carbocycles. The second kappa shape index (κ2) is 8.46. The number of aromatic nitrogens is 2. The molecular weight excluding hydrogens is 358 g/mol. The van der Waals surface area contributed by atoms with Gasteiger partial charge in [-0.15, -0.1) is 0 Å². The summed E-state index contributed by atoms with van der Waals surface area (Å²) in [4.78, 5) is 24.7. The first-order chi connectivity index (χ1) is 13.0. The van der Waals surface area contributed by atoms with Gasteiger partial charge in [-0.05, 0) is 37.8 Å². The predicted molar refractivity (Wildman–Crippen MR) is 108 cm³/mol. The fourth-order valence-corrected chi connectivity index (χ4v) is 2.92. The molecule has 1 aromatic carbocycles. The Balaban J connectivity index is 2.16. The maximum absolute atomic E-state index is 12.5. The highest BCUT2D eigenvalue weighted by atomic mass is 16.5. The van der Waals surface area contributed by atoms with Crippen LogP contribution in [0, 0.1) is 13.8 Å². The number of rotatable bonds is 6. The first-order valence-electron chi connectivity index (χ1n) is 9.29. The number of carbonyl (C=O) groups is 2. The van der Waals surface area contributed by atoms with Crippen LogP contribution < -0.4 is 10.1 Å². The van der Waals surface area contributed by atoms with E-state index in [0.29, 0.717) is 17.3 Å². The van der Waals surface area contributed by atoms with E-state index in [9.17, 15) is 9.59 Å². The molecule has 1 aromatic heterocycles. The van der Waals surface area contributed by atoms with Crippen LogP contribution in [0.5, 0.6) is 5.75 Å². The molecule has 1 amide bonds. The SMILES string of the molecule is CCOC(=O)c1c(C)nn(C)c1NC(=O)COc1ccc(C)cc1C(C)(C)C. The van der Waals surface area contributed by atoms with Crippen LogP contribution in [0.3, 0.4) is 0 Å². The largest absolute Gasteiger partial charge is 0.483 e. The highest BCUT2D eigenvalue weighted by Crippen LogP contribution is 2.32. The van der Waals surface area contributed by atoms with Gasteiger partial charge in [-0.1, -0.05) is 38.5 Å². The van der Waals surface area contributed by atoms with E-state index in [2.05, 4.69) is 37.3 Å². The van der Waals surface area contributed by atoms with Gasteiger partial charge in [0.15, 0.2) is 6.61 Å². The molecule has 0 aliphatic heterocycles. The smallest absolute Gasteiger partial charge is 0.343 e. The minimum Gasteiger partial charge on any atom is -0.483 e. The van der Waals surface area contributed by atoms with E-state index in [4.69, 9.17) is 9.47 Å². The Kier molecular flexibility index (Phi) is 6.48. The number of hydrogen-bond donors (Lipinski definition) is 1. The molecule has 0 fully saturated rings. The number of nitrogens with zero attached hydrogens (tertiary/aromatic N) is 2. The first-order valence-corrected chi connectivity index (χ1v) is 9.29. The van der Waals surface area contributed by atoms with E-state index in [-0.39, 0.29) is 30.1 Å². The zero-order chi connectivity index (χ0) is 21.1. The van der Waals surface area contributed by atoms with Crippen molar-refractivity contribution in [1.82, 2.24) is 9.78 Å². The zero-order valence-electron chi connectivity index (χ0n) is 17.7. The van der Waals surface area contributed by atoms with Gasteiger partial charge in [0.05, 0.1) is 12.3 Å². The summed E-state index contributed by atoms with van der Waals surface area (Å²) in [6, 6.07) is 5.89. The molecule has 0 aliphatic rings. The lowest BCUT2D eigenvalue weighted by molar-refractivity contribution is -0.118. The van der Waals surface area contributed by atoms with Gasteiger partial charge in [-0.2, -0.15) is 5.10 Å². The molecule has 152 valence electrons. The van der Waals surface area contributed by atoms with Crippen molar-refractivity contribution in [2.24, 2.45) is 7.05 Å². The van der Waals surface area contributed by atoms with Crippen LogP contribution in [0.25, 0.3) is 0 Å². The van der Waals surface area contributed by atoms with Crippen LogP contribution in [-0.2, 0) is 22.0 Å². The highest BCUT2D eigenvalue weighted by Gasteiger charge is 2.24. The van der Waals surface area contributed by atoms with Gasteiger partial charge in [-0.25, -0.2) is 4.79 Å². The number of carbonyl (C=O) groups excluding carboxylic acids is 2. The van der Waals surface area contributed by atoms with Crippen molar-refractivity contribution in [2.75, 3.05) is 18.5 Å². The third-order valence-electron chi connectivity index (χ3n) is 4.26. The van der Waals surface area contributed by atoms with Gasteiger partial charge in [0, 0.05) is 7.05 Å². The number of nitrogens with one attached hydrogen (secondary N) is 1. The molecule has 28 heavy (non-hydrogen) atoms. The van der Waals surface area contributed by atoms with Crippen molar-refractivity contribution >= 4 is 17.7 Å². The lowest BCUT2D eigenvalue weighted by Gasteiger charge is -2.23. The fraction of sp³-hybridized carbons (Fsp3) is 0.476. The summed E-state index contributed by atoms with van der Waals surface area (Å²) < 4.78 is 12.3. The van der Waals surface area contributed by atoms with Crippen LogP contribution in [0.1, 0.15) is 54.9 Å². The molecule has 7 heteroatoms. The number of aryl methyl sites for hydroxylation is 3. The number of hydrogen-bond acceptors (Lipinski definition) is 5. The minimum atomic E-state index is -0.516. The molecule has 1 N–H and O–H groups in total. The van der Waals surface area contributed by atoms with Crippen molar-refractivity contribution < 1.29 is 19.1 Å². The van der Waals surface area contributed by atoms with E-state index in [1.807, 2.05) is 19.1 Å². The molecule has 0 radical (unpaired) electrons. The average Bonchev–Trinajstić information content (AvgIpc) is 2.86. The molecular formula is C21H29N3O4. The Bertz CT molecular complexity index is 879. The summed E-state index contributed by atoms with van der Waals surface area (Å²) in [7, 11) is 1.66. The molecule has 0 saturated heterocycles. The van der Waals surface area contributed by atoms with Gasteiger partial charge in [0.25, 0.3) is 5.91 Å². The molecule has 0 unspecified atom stereocenters. The quantitative estimate of drug-likeness (QED) is 0.767. The summed E-state index contributed by atoms with van der Waals surface area (Å²) in [5, 5.41) is 6.92. The summed E-state index contributed by atoms with van der Waals surface area (Å²) in [6.07, 6.45) is 0. The normalized spacial score (nSPS) is 11.2. The average molecular weight is 387 g/mol. The maximum Gasteiger partial charge on any atom is 0.343 e. The minimum absolute atomic E-state index is 0.117. The predicted octanol–water partition coefficient (Wildman–Crippen LogP) is 3.53. The second-order valence-electron chi connectivity index (χ2n) is 7.74. The third-order valence-corrected chi connectivity index (χ3v) is 4.26. The first kappa shape index (κ1) is 21.5. The Morgan fingerprint density at radius 1 is 1.21 bits per heavy atom. The molecule has 2 rings (SSSR count). The lowest BCUT2D eigenvalue weighted by atomic mass is 9.85. The Hall–Kier alpha value is -2.83. The third kappa shape index (κ3) is 4.91. The molecule has 7 nitrogen and oxygen atoms in total. The van der Waals surface area contributed by atoms with E-state index in [1.54, 1.807) is 20.9 Å². The fourth-order valence-electron chi connectivity index (χ4n) is 2.92. The van der Waals surface area contributed by atoms with Crippen molar-refractivity contribution in [2.45, 2.75) is 47.0 Å². The van der Waals surface area contributed by atoms with Crippen LogP contribution >= 0.6 is 0 Å². The van der Waals surface area contributed by atoms with Gasteiger partial charge in [-0.3, -0.25) is 9.48 Å². The molecule has 0 spiro atoms. The van der Waals surface area contributed by atoms with Crippen LogP contribution in [0.4, 0.5) is 5.82 Å². The monoisotopic (exact) mass is 387 g/mol. The van der Waals surface area contributed by atoms with E-state index >= 15 is 0 Å². The van der Waals surface area contributed by atoms with Crippen molar-refractivity contribution in [3.05, 3.63) is 40.6 Å². The van der Waals surface area contributed by atoms with Gasteiger partial charge >= 0.3 is 5.97 Å². The van der Waals surface area contributed by atoms with Gasteiger partial charge in [0.1, 0.15) is 17.1 Å². The Morgan fingerprint density at radius 2 is 1.89 bits per heavy atom. The van der Waals surface area contributed by atoms with Crippen LogP contribution in [0.15, 0.2) is 18.2 Å². The molecule has 0 aliphatic carbocycles. The second-order valence-corrected chi connectivity index (χ2v) is 7.74. The van der Waals surface area contributed by atoms with E-state index in [0.717, 1.165) is 11.1 Å². The highest BCUT2D eigenvalue weighted by molar-refractivity contribution is 6.01. The summed E-state index contributed by atoms with van der Waals surface area (Å²) >= 11 is 0. The van der Waals surface area contributed by atoms with Crippen molar-refractivity contribution in [3.8, 4) is 5.75 Å². The topological polar surface area (TPSA) is 82.5 Å². The Labute approximate surface area is 166 Å². The molecule has 0 atom stereocenters. The van der Waals surface area contributed by atoms with Crippen molar-refractivity contribution in [3.63, 3.8) is 0 Å². The summed E-state index contributed by atoms with van der Waals surface area (Å²) in [5.74, 6) is 0.0661. The lowest BCUT2D eigenvalue weighted by Crippen LogP contribution is -2.24. The summed E-state index contributed by atoms with van der Waals surface area (Å²) in [6.45, 7) is 11.8. The molecule has 1 heterocycles. The van der Waals surface area contributed by atoms with Crippen molar-refractivity contribution in [1.29, 1.82) is 0 Å². The van der Waals surface area contributed by atoms with Gasteiger partial charge in [0.2, 0.25) is 0 Å².